The zero-order chi connectivity index (χ0) is 16.7. The van der Waals surface area contributed by atoms with Gasteiger partial charge in [-0.05, 0) is 29.8 Å². The number of hydrogen-bond donors (Lipinski definition) is 3. The third kappa shape index (κ3) is 5.10. The number of ketones is 1. The van der Waals surface area contributed by atoms with Crippen molar-refractivity contribution in [2.45, 2.75) is 6.54 Å². The zero-order valence-electron chi connectivity index (χ0n) is 12.7. The average Bonchev–Trinajstić information content (AvgIpc) is 2.55. The van der Waals surface area contributed by atoms with Crippen molar-refractivity contribution in [3.8, 4) is 11.5 Å². The molecule has 0 radical (unpaired) electrons. The SMILES string of the molecule is COc1ccccc1C(=O)CNCc1ccc(OB(O)O)cc1. The number of benzene rings is 2. The number of rotatable bonds is 8. The highest BCUT2D eigenvalue weighted by molar-refractivity contribution is 6.33. The molecule has 7 heteroatoms. The Bertz CT molecular complexity index is 645. The van der Waals surface area contributed by atoms with E-state index < -0.39 is 7.32 Å². The highest BCUT2D eigenvalue weighted by Crippen LogP contribution is 2.17. The Labute approximate surface area is 134 Å². The van der Waals surface area contributed by atoms with Gasteiger partial charge in [-0.3, -0.25) is 4.79 Å². The molecular weight excluding hydrogens is 297 g/mol. The summed E-state index contributed by atoms with van der Waals surface area (Å²) in [7, 11) is -0.301. The van der Waals surface area contributed by atoms with Crippen LogP contribution in [0.25, 0.3) is 0 Å². The van der Waals surface area contributed by atoms with Crippen molar-refractivity contribution in [2.75, 3.05) is 13.7 Å². The lowest BCUT2D eigenvalue weighted by atomic mass is 10.1. The van der Waals surface area contributed by atoms with Gasteiger partial charge >= 0.3 is 7.32 Å². The topological polar surface area (TPSA) is 88.0 Å². The van der Waals surface area contributed by atoms with Gasteiger partial charge in [0.05, 0.1) is 19.2 Å². The third-order valence-corrected chi connectivity index (χ3v) is 3.19. The van der Waals surface area contributed by atoms with E-state index in [9.17, 15) is 4.79 Å². The highest BCUT2D eigenvalue weighted by Gasteiger charge is 2.12. The van der Waals surface area contributed by atoms with Crippen LogP contribution < -0.4 is 14.7 Å². The van der Waals surface area contributed by atoms with Gasteiger partial charge in [-0.1, -0.05) is 24.3 Å². The maximum atomic E-state index is 12.2. The third-order valence-electron chi connectivity index (χ3n) is 3.19. The van der Waals surface area contributed by atoms with Crippen LogP contribution in [0.15, 0.2) is 48.5 Å². The lowest BCUT2D eigenvalue weighted by Gasteiger charge is -2.09. The fraction of sp³-hybridized carbons (Fsp3) is 0.188. The van der Waals surface area contributed by atoms with E-state index in [0.717, 1.165) is 5.56 Å². The van der Waals surface area contributed by atoms with Gasteiger partial charge in [0.2, 0.25) is 0 Å². The Kier molecular flexibility index (Phi) is 6.16. The molecule has 0 unspecified atom stereocenters. The summed E-state index contributed by atoms with van der Waals surface area (Å²) in [6.07, 6.45) is 0. The molecule has 0 bridgehead atoms. The van der Waals surface area contributed by atoms with Crippen molar-refractivity contribution < 1.29 is 24.2 Å². The van der Waals surface area contributed by atoms with Gasteiger partial charge in [-0.25, -0.2) is 0 Å². The van der Waals surface area contributed by atoms with Crippen LogP contribution in [0.1, 0.15) is 15.9 Å². The Morgan fingerprint density at radius 3 is 2.48 bits per heavy atom. The Balaban J connectivity index is 1.86. The molecule has 23 heavy (non-hydrogen) atoms. The zero-order valence-corrected chi connectivity index (χ0v) is 12.7. The van der Waals surface area contributed by atoms with Crippen LogP contribution in [0.4, 0.5) is 0 Å². The molecule has 2 rings (SSSR count). The van der Waals surface area contributed by atoms with Gasteiger partial charge in [0.15, 0.2) is 5.78 Å². The second-order valence-electron chi connectivity index (χ2n) is 4.82. The summed E-state index contributed by atoms with van der Waals surface area (Å²) in [6.45, 7) is 0.691. The molecule has 0 aliphatic carbocycles. The summed E-state index contributed by atoms with van der Waals surface area (Å²) >= 11 is 0. The van der Waals surface area contributed by atoms with E-state index in [2.05, 4.69) is 5.32 Å². The van der Waals surface area contributed by atoms with Gasteiger partial charge < -0.3 is 24.8 Å². The molecule has 0 aromatic heterocycles. The first-order chi connectivity index (χ1) is 11.1. The number of methoxy groups -OCH3 is 1. The molecule has 3 N–H and O–H groups in total. The predicted octanol–water partition coefficient (Wildman–Crippen LogP) is 1.02. The predicted molar refractivity (Wildman–Crippen MR) is 86.3 cm³/mol. The van der Waals surface area contributed by atoms with E-state index in [1.165, 1.54) is 7.11 Å². The van der Waals surface area contributed by atoms with Gasteiger partial charge in [-0.2, -0.15) is 0 Å². The molecule has 6 nitrogen and oxygen atoms in total. The second kappa shape index (κ2) is 8.33. The van der Waals surface area contributed by atoms with Crippen LogP contribution in [0, 0.1) is 0 Å². The quantitative estimate of drug-likeness (QED) is 0.498. The van der Waals surface area contributed by atoms with Crippen molar-refractivity contribution in [3.05, 3.63) is 59.7 Å². The standard InChI is InChI=1S/C16H18BNO5/c1-22-16-5-3-2-4-14(16)15(19)11-18-10-12-6-8-13(9-7-12)23-17(20)21/h2-9,18,20-21H,10-11H2,1H3. The van der Waals surface area contributed by atoms with E-state index in [-0.39, 0.29) is 12.3 Å². The molecule has 120 valence electrons. The molecule has 0 amide bonds. The summed E-state index contributed by atoms with van der Waals surface area (Å²) in [6, 6.07) is 13.9. The number of ether oxygens (including phenoxy) is 1. The Morgan fingerprint density at radius 1 is 1.13 bits per heavy atom. The molecule has 0 spiro atoms. The lowest BCUT2D eigenvalue weighted by Crippen LogP contribution is -2.23. The molecule has 0 atom stereocenters. The monoisotopic (exact) mass is 315 g/mol. The number of para-hydroxylation sites is 1. The maximum absolute atomic E-state index is 12.2. The highest BCUT2D eigenvalue weighted by atomic mass is 16.6. The minimum Gasteiger partial charge on any atom is -0.512 e. The van der Waals surface area contributed by atoms with Crippen LogP contribution in [-0.4, -0.2) is 36.8 Å². The second-order valence-corrected chi connectivity index (χ2v) is 4.82. The number of carbonyl (C=O) groups is 1. The molecule has 0 fully saturated rings. The number of Topliss-reactive ketones (excluding diaryl/α,β-unsaturated/α-hetero) is 1. The van der Waals surface area contributed by atoms with Crippen LogP contribution in [0.2, 0.25) is 0 Å². The first-order valence-electron chi connectivity index (χ1n) is 7.09. The largest absolute Gasteiger partial charge is 0.707 e. The first-order valence-corrected chi connectivity index (χ1v) is 7.09. The van der Waals surface area contributed by atoms with Crippen LogP contribution in [0.5, 0.6) is 11.5 Å². The van der Waals surface area contributed by atoms with Crippen molar-refractivity contribution >= 4 is 13.1 Å². The number of carbonyl (C=O) groups excluding carboxylic acids is 1. The molecule has 0 aliphatic rings. The Morgan fingerprint density at radius 2 is 1.83 bits per heavy atom. The van der Waals surface area contributed by atoms with Crippen molar-refractivity contribution in [1.82, 2.24) is 5.32 Å². The van der Waals surface area contributed by atoms with Gasteiger partial charge in [-0.15, -0.1) is 0 Å². The maximum Gasteiger partial charge on any atom is 0.707 e. The summed E-state index contributed by atoms with van der Waals surface area (Å²) in [5.41, 5.74) is 1.49. The van der Waals surface area contributed by atoms with Crippen molar-refractivity contribution in [3.63, 3.8) is 0 Å². The summed E-state index contributed by atoms with van der Waals surface area (Å²) in [5, 5.41) is 20.5. The Hall–Kier alpha value is -2.35. The molecule has 0 heterocycles. The molecule has 0 saturated heterocycles. The molecule has 0 aliphatic heterocycles. The van der Waals surface area contributed by atoms with Gasteiger partial charge in [0, 0.05) is 6.54 Å². The lowest BCUT2D eigenvalue weighted by molar-refractivity contribution is 0.0988. The molecular formula is C16H18BNO5. The van der Waals surface area contributed by atoms with Gasteiger partial charge in [0.25, 0.3) is 0 Å². The van der Waals surface area contributed by atoms with E-state index in [0.29, 0.717) is 23.6 Å². The van der Waals surface area contributed by atoms with Crippen LogP contribution >= 0.6 is 0 Å². The smallest absolute Gasteiger partial charge is 0.512 e. The first kappa shape index (κ1) is 17.0. The summed E-state index contributed by atoms with van der Waals surface area (Å²) in [5.74, 6) is 0.864. The van der Waals surface area contributed by atoms with Gasteiger partial charge in [0.1, 0.15) is 11.5 Å². The summed E-state index contributed by atoms with van der Waals surface area (Å²) < 4.78 is 9.89. The molecule has 2 aromatic rings. The minimum atomic E-state index is -1.84. The van der Waals surface area contributed by atoms with Crippen molar-refractivity contribution in [1.29, 1.82) is 0 Å². The number of nitrogens with one attached hydrogen (secondary N) is 1. The summed E-state index contributed by atoms with van der Waals surface area (Å²) in [4.78, 5) is 12.2. The van der Waals surface area contributed by atoms with Crippen LogP contribution in [-0.2, 0) is 6.54 Å². The van der Waals surface area contributed by atoms with E-state index in [1.807, 2.05) is 6.07 Å². The molecule has 0 saturated carbocycles. The molecule has 2 aromatic carbocycles. The minimum absolute atomic E-state index is 0.0502. The van der Waals surface area contributed by atoms with Crippen LogP contribution in [0.3, 0.4) is 0 Å². The fourth-order valence-electron chi connectivity index (χ4n) is 2.10. The normalized spacial score (nSPS) is 10.2. The average molecular weight is 315 g/mol. The number of hydrogen-bond acceptors (Lipinski definition) is 6. The van der Waals surface area contributed by atoms with E-state index in [1.54, 1.807) is 42.5 Å². The van der Waals surface area contributed by atoms with E-state index in [4.69, 9.17) is 19.4 Å². The van der Waals surface area contributed by atoms with E-state index >= 15 is 0 Å². The fourth-order valence-corrected chi connectivity index (χ4v) is 2.10. The van der Waals surface area contributed by atoms with Crippen molar-refractivity contribution in [2.24, 2.45) is 0 Å².